The highest BCUT2D eigenvalue weighted by molar-refractivity contribution is 9.11. The molecule has 2 nitrogen and oxygen atoms in total. The number of hydrogen-bond donors (Lipinski definition) is 1. The van der Waals surface area contributed by atoms with E-state index < -0.39 is 0 Å². The smallest absolute Gasteiger partial charge is 0.252 e. The van der Waals surface area contributed by atoms with Gasteiger partial charge in [0.15, 0.2) is 0 Å². The van der Waals surface area contributed by atoms with Gasteiger partial charge in [-0.3, -0.25) is 4.79 Å². The van der Waals surface area contributed by atoms with Crippen molar-refractivity contribution in [1.29, 1.82) is 0 Å². The summed E-state index contributed by atoms with van der Waals surface area (Å²) in [5.74, 6) is -0.118. The summed E-state index contributed by atoms with van der Waals surface area (Å²) in [6.45, 7) is 0.481. The molecule has 0 aliphatic heterocycles. The fraction of sp³-hybridized carbons (Fsp3) is 0.0833. The molecule has 0 spiro atoms. The molecule has 0 aliphatic carbocycles. The van der Waals surface area contributed by atoms with Crippen molar-refractivity contribution in [1.82, 2.24) is 5.32 Å². The zero-order valence-corrected chi connectivity index (χ0v) is 13.8. The van der Waals surface area contributed by atoms with Crippen LogP contribution in [0.25, 0.3) is 0 Å². The number of rotatable bonds is 3. The van der Waals surface area contributed by atoms with Gasteiger partial charge in [0, 0.05) is 13.8 Å². The highest BCUT2D eigenvalue weighted by Crippen LogP contribution is 2.23. The summed E-state index contributed by atoms with van der Waals surface area (Å²) in [5.41, 5.74) is 0.604. The number of hydrogen-bond acceptors (Lipinski definition) is 2. The third kappa shape index (κ3) is 3.57. The van der Waals surface area contributed by atoms with Gasteiger partial charge >= 0.3 is 0 Å². The molecule has 0 unspecified atom stereocenters. The van der Waals surface area contributed by atoms with Crippen LogP contribution in [0.1, 0.15) is 15.2 Å². The standard InChI is InChI=1S/C12H8Br2ClNOS/c13-7-1-3-10(14)9(5-7)12(17)16-6-8-2-4-11(15)18-8/h1-5H,6H2,(H,16,17). The first-order valence-corrected chi connectivity index (χ1v) is 7.82. The number of carbonyl (C=O) groups is 1. The lowest BCUT2D eigenvalue weighted by molar-refractivity contribution is 0.0950. The number of benzene rings is 1. The third-order valence-corrected chi connectivity index (χ3v) is 4.64. The summed E-state index contributed by atoms with van der Waals surface area (Å²) >= 11 is 14.0. The molecule has 1 N–H and O–H groups in total. The SMILES string of the molecule is O=C(NCc1ccc(Cl)s1)c1cc(Br)ccc1Br. The molecular weight excluding hydrogens is 401 g/mol. The van der Waals surface area contributed by atoms with Crippen LogP contribution >= 0.6 is 54.8 Å². The highest BCUT2D eigenvalue weighted by Gasteiger charge is 2.10. The molecule has 1 aromatic heterocycles. The average molecular weight is 410 g/mol. The Morgan fingerprint density at radius 3 is 2.72 bits per heavy atom. The van der Waals surface area contributed by atoms with Gasteiger partial charge in [-0.2, -0.15) is 0 Å². The van der Waals surface area contributed by atoms with Crippen LogP contribution in [0.5, 0.6) is 0 Å². The minimum absolute atomic E-state index is 0.118. The van der Waals surface area contributed by atoms with Gasteiger partial charge in [0.2, 0.25) is 0 Å². The molecule has 18 heavy (non-hydrogen) atoms. The lowest BCUT2D eigenvalue weighted by Crippen LogP contribution is -2.22. The zero-order chi connectivity index (χ0) is 13.1. The van der Waals surface area contributed by atoms with E-state index in [-0.39, 0.29) is 5.91 Å². The lowest BCUT2D eigenvalue weighted by Gasteiger charge is -2.06. The number of carbonyl (C=O) groups excluding carboxylic acids is 1. The van der Waals surface area contributed by atoms with Gasteiger partial charge in [0.05, 0.1) is 16.4 Å². The normalized spacial score (nSPS) is 10.4. The van der Waals surface area contributed by atoms with Crippen LogP contribution in [0.15, 0.2) is 39.3 Å². The van der Waals surface area contributed by atoms with E-state index >= 15 is 0 Å². The molecule has 0 saturated heterocycles. The molecule has 0 saturated carbocycles. The molecule has 94 valence electrons. The third-order valence-electron chi connectivity index (χ3n) is 2.23. The minimum Gasteiger partial charge on any atom is -0.347 e. The summed E-state index contributed by atoms with van der Waals surface area (Å²) in [6, 6.07) is 9.22. The van der Waals surface area contributed by atoms with Gasteiger partial charge in [0.25, 0.3) is 5.91 Å². The lowest BCUT2D eigenvalue weighted by atomic mass is 10.2. The monoisotopic (exact) mass is 407 g/mol. The topological polar surface area (TPSA) is 29.1 Å². The zero-order valence-electron chi connectivity index (χ0n) is 9.04. The largest absolute Gasteiger partial charge is 0.347 e. The number of halogens is 3. The highest BCUT2D eigenvalue weighted by atomic mass is 79.9. The van der Waals surface area contributed by atoms with E-state index in [2.05, 4.69) is 37.2 Å². The Kier molecular flexibility index (Phi) is 4.84. The van der Waals surface area contributed by atoms with E-state index in [1.807, 2.05) is 24.3 Å². The van der Waals surface area contributed by atoms with Crippen molar-refractivity contribution in [3.63, 3.8) is 0 Å². The van der Waals surface area contributed by atoms with Crippen molar-refractivity contribution in [3.8, 4) is 0 Å². The van der Waals surface area contributed by atoms with E-state index in [0.717, 1.165) is 18.2 Å². The summed E-state index contributed by atoms with van der Waals surface area (Å²) in [7, 11) is 0. The second kappa shape index (κ2) is 6.19. The molecule has 2 rings (SSSR count). The van der Waals surface area contributed by atoms with Crippen molar-refractivity contribution in [3.05, 3.63) is 54.1 Å². The molecule has 0 radical (unpaired) electrons. The summed E-state index contributed by atoms with van der Waals surface area (Å²) in [5, 5.41) is 2.86. The maximum Gasteiger partial charge on any atom is 0.252 e. The molecule has 1 heterocycles. The van der Waals surface area contributed by atoms with Crippen molar-refractivity contribution in [2.45, 2.75) is 6.54 Å². The Bertz CT molecular complexity index is 585. The second-order valence-electron chi connectivity index (χ2n) is 3.51. The maximum absolute atomic E-state index is 12.0. The van der Waals surface area contributed by atoms with Crippen LogP contribution in [-0.2, 0) is 6.54 Å². The van der Waals surface area contributed by atoms with Gasteiger partial charge in [0.1, 0.15) is 0 Å². The van der Waals surface area contributed by atoms with Gasteiger partial charge in [-0.25, -0.2) is 0 Å². The van der Waals surface area contributed by atoms with Crippen LogP contribution in [0.4, 0.5) is 0 Å². The average Bonchev–Trinajstić information content (AvgIpc) is 2.75. The number of nitrogens with one attached hydrogen (secondary N) is 1. The predicted molar refractivity (Wildman–Crippen MR) is 82.3 cm³/mol. The second-order valence-corrected chi connectivity index (χ2v) is 7.08. The summed E-state index contributed by atoms with van der Waals surface area (Å²) in [4.78, 5) is 13.0. The molecular formula is C12H8Br2ClNOS. The Labute approximate surface area is 131 Å². The van der Waals surface area contributed by atoms with E-state index in [0.29, 0.717) is 12.1 Å². The quantitative estimate of drug-likeness (QED) is 0.771. The molecule has 0 atom stereocenters. The number of amides is 1. The molecule has 2 aromatic rings. The maximum atomic E-state index is 12.0. The Hall–Kier alpha value is -0.360. The molecule has 0 fully saturated rings. The van der Waals surface area contributed by atoms with E-state index in [4.69, 9.17) is 11.6 Å². The van der Waals surface area contributed by atoms with E-state index in [1.165, 1.54) is 11.3 Å². The van der Waals surface area contributed by atoms with Crippen LogP contribution in [0, 0.1) is 0 Å². The van der Waals surface area contributed by atoms with E-state index in [1.54, 1.807) is 6.07 Å². The Balaban J connectivity index is 2.05. The van der Waals surface area contributed by atoms with Crippen LogP contribution in [-0.4, -0.2) is 5.91 Å². The molecule has 1 amide bonds. The molecule has 1 aromatic carbocycles. The van der Waals surface area contributed by atoms with Crippen LogP contribution in [0.2, 0.25) is 4.34 Å². The first kappa shape index (κ1) is 14.1. The van der Waals surface area contributed by atoms with Crippen molar-refractivity contribution in [2.24, 2.45) is 0 Å². The summed E-state index contributed by atoms with van der Waals surface area (Å²) in [6.07, 6.45) is 0. The Morgan fingerprint density at radius 1 is 1.28 bits per heavy atom. The molecule has 0 bridgehead atoms. The molecule has 0 aliphatic rings. The first-order valence-electron chi connectivity index (χ1n) is 5.04. The predicted octanol–water partition coefficient (Wildman–Crippen LogP) is 4.86. The van der Waals surface area contributed by atoms with Crippen molar-refractivity contribution in [2.75, 3.05) is 0 Å². The fourth-order valence-electron chi connectivity index (χ4n) is 1.38. The molecule has 6 heteroatoms. The van der Waals surface area contributed by atoms with Crippen LogP contribution in [0.3, 0.4) is 0 Å². The Morgan fingerprint density at radius 2 is 2.06 bits per heavy atom. The first-order chi connectivity index (χ1) is 8.56. The van der Waals surface area contributed by atoms with Gasteiger partial charge in [-0.1, -0.05) is 27.5 Å². The fourth-order valence-corrected chi connectivity index (χ4v) is 3.20. The van der Waals surface area contributed by atoms with Crippen molar-refractivity contribution < 1.29 is 4.79 Å². The number of thiophene rings is 1. The van der Waals surface area contributed by atoms with Gasteiger partial charge in [-0.05, 0) is 46.3 Å². The van der Waals surface area contributed by atoms with E-state index in [9.17, 15) is 4.79 Å². The minimum atomic E-state index is -0.118. The van der Waals surface area contributed by atoms with Gasteiger partial charge < -0.3 is 5.32 Å². The summed E-state index contributed by atoms with van der Waals surface area (Å²) < 4.78 is 2.37. The van der Waals surface area contributed by atoms with Crippen molar-refractivity contribution >= 4 is 60.7 Å². The van der Waals surface area contributed by atoms with Crippen LogP contribution < -0.4 is 5.32 Å². The van der Waals surface area contributed by atoms with Gasteiger partial charge in [-0.15, -0.1) is 11.3 Å².